The molecular formula is C19H23FN4O. The number of halogens is 1. The molecule has 5 nitrogen and oxygen atoms in total. The van der Waals surface area contributed by atoms with E-state index in [1.807, 2.05) is 18.2 Å². The van der Waals surface area contributed by atoms with Crippen molar-refractivity contribution in [1.29, 1.82) is 0 Å². The van der Waals surface area contributed by atoms with Gasteiger partial charge in [-0.15, -0.1) is 0 Å². The molecule has 0 saturated carbocycles. The average molecular weight is 342 g/mol. The first-order valence-corrected chi connectivity index (χ1v) is 8.95. The lowest BCUT2D eigenvalue weighted by Crippen LogP contribution is -2.39. The predicted molar refractivity (Wildman–Crippen MR) is 95.5 cm³/mol. The van der Waals surface area contributed by atoms with Crippen LogP contribution in [-0.4, -0.2) is 42.3 Å². The minimum atomic E-state index is -0.145. The molecule has 1 atom stereocenters. The van der Waals surface area contributed by atoms with Gasteiger partial charge >= 0.3 is 0 Å². The summed E-state index contributed by atoms with van der Waals surface area (Å²) >= 11 is 0. The maximum absolute atomic E-state index is 13.9. The summed E-state index contributed by atoms with van der Waals surface area (Å²) in [4.78, 5) is 10.9. The van der Waals surface area contributed by atoms with Crippen molar-refractivity contribution in [3.63, 3.8) is 0 Å². The molecule has 6 heteroatoms. The standard InChI is InChI=1S/C19H23FN4O/c20-16-3-1-2-4-18(16)24-8-5-15(6-9-24)23-19-11-17(21-13-22-19)14-7-10-25-12-14/h1-4,11,13-15H,5-10,12H2,(H,21,22,23)/t14-/m0/s1. The van der Waals surface area contributed by atoms with E-state index in [0.717, 1.165) is 57.1 Å². The zero-order valence-electron chi connectivity index (χ0n) is 14.2. The molecule has 0 spiro atoms. The van der Waals surface area contributed by atoms with E-state index in [1.54, 1.807) is 12.4 Å². The van der Waals surface area contributed by atoms with E-state index >= 15 is 0 Å². The van der Waals surface area contributed by atoms with Crippen molar-refractivity contribution in [2.75, 3.05) is 36.5 Å². The number of aromatic nitrogens is 2. The Morgan fingerprint density at radius 2 is 1.96 bits per heavy atom. The second-order valence-corrected chi connectivity index (χ2v) is 6.75. The number of hydrogen-bond acceptors (Lipinski definition) is 5. The van der Waals surface area contributed by atoms with Gasteiger partial charge in [-0.05, 0) is 31.4 Å². The topological polar surface area (TPSA) is 50.3 Å². The van der Waals surface area contributed by atoms with Crippen LogP contribution >= 0.6 is 0 Å². The van der Waals surface area contributed by atoms with Crippen LogP contribution in [-0.2, 0) is 4.74 Å². The molecule has 2 fully saturated rings. The van der Waals surface area contributed by atoms with Gasteiger partial charge in [0.05, 0.1) is 18.0 Å². The predicted octanol–water partition coefficient (Wildman–Crippen LogP) is 3.20. The Morgan fingerprint density at radius 3 is 2.72 bits per heavy atom. The lowest BCUT2D eigenvalue weighted by molar-refractivity contribution is 0.193. The third kappa shape index (κ3) is 3.74. The number of nitrogens with zero attached hydrogens (tertiary/aromatic N) is 3. The molecule has 2 saturated heterocycles. The van der Waals surface area contributed by atoms with Crippen LogP contribution in [0, 0.1) is 5.82 Å². The maximum Gasteiger partial charge on any atom is 0.146 e. The number of rotatable bonds is 4. The summed E-state index contributed by atoms with van der Waals surface area (Å²) in [7, 11) is 0. The number of ether oxygens (including phenoxy) is 1. The molecule has 1 aromatic carbocycles. The second-order valence-electron chi connectivity index (χ2n) is 6.75. The quantitative estimate of drug-likeness (QED) is 0.925. The highest BCUT2D eigenvalue weighted by Crippen LogP contribution is 2.26. The van der Waals surface area contributed by atoms with Crippen LogP contribution in [0.1, 0.15) is 30.9 Å². The Morgan fingerprint density at radius 1 is 1.12 bits per heavy atom. The van der Waals surface area contributed by atoms with E-state index in [9.17, 15) is 4.39 Å². The van der Waals surface area contributed by atoms with E-state index in [-0.39, 0.29) is 5.82 Å². The Hall–Kier alpha value is -2.21. The zero-order valence-corrected chi connectivity index (χ0v) is 14.2. The monoisotopic (exact) mass is 342 g/mol. The molecule has 4 rings (SSSR count). The number of piperidine rings is 1. The van der Waals surface area contributed by atoms with Crippen molar-refractivity contribution < 1.29 is 9.13 Å². The van der Waals surface area contributed by atoms with Crippen molar-refractivity contribution in [2.45, 2.75) is 31.2 Å². The highest BCUT2D eigenvalue weighted by atomic mass is 19.1. The summed E-state index contributed by atoms with van der Waals surface area (Å²) in [6.45, 7) is 3.24. The van der Waals surface area contributed by atoms with E-state index in [4.69, 9.17) is 4.74 Å². The van der Waals surface area contributed by atoms with Gasteiger partial charge in [-0.2, -0.15) is 0 Å². The molecule has 1 aromatic heterocycles. The highest BCUT2D eigenvalue weighted by Gasteiger charge is 2.23. The van der Waals surface area contributed by atoms with E-state index in [1.165, 1.54) is 6.07 Å². The van der Waals surface area contributed by atoms with Crippen molar-refractivity contribution in [3.05, 3.63) is 48.2 Å². The number of nitrogens with one attached hydrogen (secondary N) is 1. The van der Waals surface area contributed by atoms with Gasteiger partial charge in [0, 0.05) is 37.7 Å². The molecular weight excluding hydrogens is 319 g/mol. The molecule has 2 aliphatic rings. The molecule has 0 bridgehead atoms. The van der Waals surface area contributed by atoms with Crippen molar-refractivity contribution in [1.82, 2.24) is 9.97 Å². The van der Waals surface area contributed by atoms with Gasteiger partial charge in [0.15, 0.2) is 0 Å². The minimum Gasteiger partial charge on any atom is -0.381 e. The van der Waals surface area contributed by atoms with Crippen LogP contribution < -0.4 is 10.2 Å². The van der Waals surface area contributed by atoms with Crippen molar-refractivity contribution in [3.8, 4) is 0 Å². The molecule has 25 heavy (non-hydrogen) atoms. The number of para-hydroxylation sites is 1. The molecule has 0 unspecified atom stereocenters. The fourth-order valence-electron chi connectivity index (χ4n) is 3.62. The SMILES string of the molecule is Fc1ccccc1N1CCC(Nc2cc([C@H]3CCOC3)ncn2)CC1. The lowest BCUT2D eigenvalue weighted by Gasteiger charge is -2.34. The largest absolute Gasteiger partial charge is 0.381 e. The molecule has 2 aliphatic heterocycles. The third-order valence-electron chi connectivity index (χ3n) is 5.08. The molecule has 3 heterocycles. The fourth-order valence-corrected chi connectivity index (χ4v) is 3.62. The summed E-state index contributed by atoms with van der Waals surface area (Å²) in [6, 6.07) is 9.39. The summed E-state index contributed by atoms with van der Waals surface area (Å²) in [5, 5.41) is 3.52. The zero-order chi connectivity index (χ0) is 17.1. The number of anilines is 2. The summed E-state index contributed by atoms with van der Waals surface area (Å²) in [5.41, 5.74) is 1.75. The molecule has 0 aliphatic carbocycles. The Labute approximate surface area is 147 Å². The van der Waals surface area contributed by atoms with Gasteiger partial charge in [0.2, 0.25) is 0 Å². The lowest BCUT2D eigenvalue weighted by atomic mass is 10.0. The third-order valence-corrected chi connectivity index (χ3v) is 5.08. The minimum absolute atomic E-state index is 0.145. The summed E-state index contributed by atoms with van der Waals surface area (Å²) in [6.07, 6.45) is 4.57. The first-order valence-electron chi connectivity index (χ1n) is 8.95. The second kappa shape index (κ2) is 7.35. The average Bonchev–Trinajstić information content (AvgIpc) is 3.18. The summed E-state index contributed by atoms with van der Waals surface area (Å²) in [5.74, 6) is 1.11. The van der Waals surface area contributed by atoms with Crippen LogP contribution in [0.25, 0.3) is 0 Å². The summed E-state index contributed by atoms with van der Waals surface area (Å²) < 4.78 is 19.4. The number of hydrogen-bond donors (Lipinski definition) is 1. The molecule has 0 amide bonds. The highest BCUT2D eigenvalue weighted by molar-refractivity contribution is 5.48. The molecule has 1 N–H and O–H groups in total. The van der Waals surface area contributed by atoms with Crippen LogP contribution in [0.15, 0.2) is 36.7 Å². The van der Waals surface area contributed by atoms with Gasteiger partial charge in [-0.1, -0.05) is 12.1 Å². The first kappa shape index (κ1) is 16.3. The van der Waals surface area contributed by atoms with Crippen LogP contribution in [0.2, 0.25) is 0 Å². The van der Waals surface area contributed by atoms with E-state index < -0.39 is 0 Å². The Kier molecular flexibility index (Phi) is 4.78. The van der Waals surface area contributed by atoms with Gasteiger partial charge in [0.1, 0.15) is 18.0 Å². The molecule has 0 radical (unpaired) electrons. The van der Waals surface area contributed by atoms with Crippen molar-refractivity contribution in [2.24, 2.45) is 0 Å². The molecule has 132 valence electrons. The van der Waals surface area contributed by atoms with Gasteiger partial charge in [0.25, 0.3) is 0 Å². The van der Waals surface area contributed by atoms with Gasteiger partial charge in [-0.25, -0.2) is 14.4 Å². The fraction of sp³-hybridized carbons (Fsp3) is 0.474. The van der Waals surface area contributed by atoms with Gasteiger partial charge < -0.3 is 15.0 Å². The van der Waals surface area contributed by atoms with E-state index in [0.29, 0.717) is 17.6 Å². The van der Waals surface area contributed by atoms with Crippen LogP contribution in [0.3, 0.4) is 0 Å². The van der Waals surface area contributed by atoms with Gasteiger partial charge in [-0.3, -0.25) is 0 Å². The molecule has 2 aromatic rings. The van der Waals surface area contributed by atoms with Crippen LogP contribution in [0.4, 0.5) is 15.9 Å². The smallest absolute Gasteiger partial charge is 0.146 e. The maximum atomic E-state index is 13.9. The number of benzene rings is 1. The van der Waals surface area contributed by atoms with E-state index in [2.05, 4.69) is 20.2 Å². The van der Waals surface area contributed by atoms with Crippen molar-refractivity contribution >= 4 is 11.5 Å². The van der Waals surface area contributed by atoms with Crippen LogP contribution in [0.5, 0.6) is 0 Å². The normalized spacial score (nSPS) is 21.5. The Balaban J connectivity index is 1.36. The first-order chi connectivity index (χ1) is 12.3. The Bertz CT molecular complexity index is 712.